The Morgan fingerprint density at radius 3 is 2.03 bits per heavy atom. The summed E-state index contributed by atoms with van der Waals surface area (Å²) >= 11 is 0. The predicted octanol–water partition coefficient (Wildman–Crippen LogP) is 4.92. The summed E-state index contributed by atoms with van der Waals surface area (Å²) < 4.78 is 16.4. The Hall–Kier alpha value is -3.20. The Morgan fingerprint density at radius 1 is 0.868 bits per heavy atom. The summed E-state index contributed by atoms with van der Waals surface area (Å²) in [7, 11) is 0. The minimum atomic E-state index is -0.560. The summed E-state index contributed by atoms with van der Waals surface area (Å²) in [6.45, 7) is 12.6. The topological polar surface area (TPSA) is 102 Å². The molecular weight excluding hydrogens is 488 g/mol. The average Bonchev–Trinajstić information content (AvgIpc) is 3.14. The summed E-state index contributed by atoms with van der Waals surface area (Å²) in [6, 6.07) is 9.86. The molecule has 2 aliphatic rings. The zero-order chi connectivity index (χ0) is 28.3. The van der Waals surface area contributed by atoms with Crippen LogP contribution in [0.4, 0.5) is 9.59 Å². The Kier molecular flexibility index (Phi) is 11.5. The van der Waals surface area contributed by atoms with Gasteiger partial charge < -0.3 is 24.0 Å². The van der Waals surface area contributed by atoms with E-state index in [1.54, 1.807) is 6.08 Å². The number of carbonyl (C=O) groups is 4. The molecule has 9 nitrogen and oxygen atoms in total. The van der Waals surface area contributed by atoms with Crippen LogP contribution in [0.25, 0.3) is 0 Å². The van der Waals surface area contributed by atoms with Crippen LogP contribution in [0.1, 0.15) is 66.4 Å². The lowest BCUT2D eigenvalue weighted by Crippen LogP contribution is -2.39. The van der Waals surface area contributed by atoms with Gasteiger partial charge in [0.25, 0.3) is 0 Å². The van der Waals surface area contributed by atoms with Gasteiger partial charge >= 0.3 is 12.2 Å². The smallest absolute Gasteiger partial charge is 0.410 e. The van der Waals surface area contributed by atoms with Crippen LogP contribution in [0.3, 0.4) is 0 Å². The summed E-state index contributed by atoms with van der Waals surface area (Å²) in [6.07, 6.45) is 3.97. The van der Waals surface area contributed by atoms with Gasteiger partial charge in [-0.3, -0.25) is 9.59 Å². The summed E-state index contributed by atoms with van der Waals surface area (Å²) in [5.74, 6) is -0.0511. The fourth-order valence-corrected chi connectivity index (χ4v) is 3.67. The summed E-state index contributed by atoms with van der Waals surface area (Å²) in [4.78, 5) is 49.9. The van der Waals surface area contributed by atoms with Crippen molar-refractivity contribution in [2.75, 3.05) is 26.2 Å². The van der Waals surface area contributed by atoms with Crippen LogP contribution in [0.2, 0.25) is 0 Å². The van der Waals surface area contributed by atoms with Gasteiger partial charge in [0, 0.05) is 19.5 Å². The second-order valence-electron chi connectivity index (χ2n) is 11.4. The number of benzene rings is 1. The third kappa shape index (κ3) is 12.4. The number of likely N-dealkylation sites (tertiary alicyclic amines) is 1. The van der Waals surface area contributed by atoms with Crippen molar-refractivity contribution in [3.05, 3.63) is 48.0 Å². The van der Waals surface area contributed by atoms with E-state index in [1.807, 2.05) is 71.9 Å². The van der Waals surface area contributed by atoms with Crippen molar-refractivity contribution in [1.29, 1.82) is 0 Å². The van der Waals surface area contributed by atoms with Gasteiger partial charge in [-0.15, -0.1) is 0 Å². The molecular formula is C29H42N2O7. The minimum absolute atomic E-state index is 0.00595. The molecule has 2 heterocycles. The maximum atomic E-state index is 12.1. The van der Waals surface area contributed by atoms with Gasteiger partial charge in [-0.25, -0.2) is 9.59 Å². The van der Waals surface area contributed by atoms with Crippen LogP contribution in [0, 0.1) is 0 Å². The van der Waals surface area contributed by atoms with Crippen molar-refractivity contribution < 1.29 is 33.4 Å². The maximum Gasteiger partial charge on any atom is 0.410 e. The largest absolute Gasteiger partial charge is 0.444 e. The highest BCUT2D eigenvalue weighted by molar-refractivity contribution is 5.93. The third-order valence-electron chi connectivity index (χ3n) is 5.39. The molecule has 38 heavy (non-hydrogen) atoms. The van der Waals surface area contributed by atoms with Crippen molar-refractivity contribution in [3.8, 4) is 0 Å². The van der Waals surface area contributed by atoms with Crippen LogP contribution in [0.15, 0.2) is 42.5 Å². The molecule has 1 atom stereocenters. The molecule has 9 heteroatoms. The molecule has 2 amide bonds. The van der Waals surface area contributed by atoms with Gasteiger partial charge in [-0.2, -0.15) is 0 Å². The number of nitrogens with zero attached hydrogens (tertiary/aromatic N) is 2. The van der Waals surface area contributed by atoms with Crippen molar-refractivity contribution in [2.45, 2.75) is 84.7 Å². The second kappa shape index (κ2) is 14.1. The Labute approximate surface area is 226 Å². The summed E-state index contributed by atoms with van der Waals surface area (Å²) in [5.41, 5.74) is 0.00313. The fourth-order valence-electron chi connectivity index (χ4n) is 3.67. The zero-order valence-electron chi connectivity index (χ0n) is 23.5. The van der Waals surface area contributed by atoms with Crippen LogP contribution >= 0.6 is 0 Å². The normalized spacial score (nSPS) is 18.6. The SMILES string of the molecule is CC(C)(C)OC(=O)N1CCC(OCc2ccccc2)CC(=O)C1.CC(C)(C)OC(=O)N1CCC=CC(=O)C1. The van der Waals surface area contributed by atoms with Crippen molar-refractivity contribution in [1.82, 2.24) is 9.80 Å². The van der Waals surface area contributed by atoms with E-state index in [2.05, 4.69) is 0 Å². The van der Waals surface area contributed by atoms with E-state index in [4.69, 9.17) is 14.2 Å². The molecule has 1 aromatic carbocycles. The molecule has 1 aromatic rings. The van der Waals surface area contributed by atoms with E-state index >= 15 is 0 Å². The van der Waals surface area contributed by atoms with Crippen molar-refractivity contribution in [2.24, 2.45) is 0 Å². The number of amides is 2. The molecule has 0 bridgehead atoms. The Bertz CT molecular complexity index is 977. The van der Waals surface area contributed by atoms with Gasteiger partial charge in [-0.1, -0.05) is 36.4 Å². The molecule has 3 rings (SSSR count). The number of ether oxygens (including phenoxy) is 3. The highest BCUT2D eigenvalue weighted by Crippen LogP contribution is 2.17. The number of carbonyl (C=O) groups excluding carboxylic acids is 4. The van der Waals surface area contributed by atoms with Crippen molar-refractivity contribution in [3.63, 3.8) is 0 Å². The average molecular weight is 531 g/mol. The van der Waals surface area contributed by atoms with E-state index in [9.17, 15) is 19.2 Å². The first-order valence-corrected chi connectivity index (χ1v) is 13.0. The fraction of sp³-hybridized carbons (Fsp3) is 0.586. The van der Waals surface area contributed by atoms with Crippen LogP contribution in [-0.2, 0) is 30.4 Å². The van der Waals surface area contributed by atoms with E-state index in [0.29, 0.717) is 39.0 Å². The Balaban J connectivity index is 0.000000293. The van der Waals surface area contributed by atoms with Gasteiger partial charge in [-0.05, 0) is 66.0 Å². The quantitative estimate of drug-likeness (QED) is 0.546. The van der Waals surface area contributed by atoms with E-state index in [0.717, 1.165) is 5.56 Å². The molecule has 210 valence electrons. The number of hydrogen-bond donors (Lipinski definition) is 0. The van der Waals surface area contributed by atoms with Crippen LogP contribution in [-0.4, -0.2) is 77.0 Å². The molecule has 2 aliphatic heterocycles. The highest BCUT2D eigenvalue weighted by atomic mass is 16.6. The minimum Gasteiger partial charge on any atom is -0.444 e. The monoisotopic (exact) mass is 530 g/mol. The van der Waals surface area contributed by atoms with Gasteiger partial charge in [0.15, 0.2) is 11.6 Å². The number of rotatable bonds is 3. The lowest BCUT2D eigenvalue weighted by Gasteiger charge is -2.26. The van der Waals surface area contributed by atoms with Crippen LogP contribution in [0.5, 0.6) is 0 Å². The predicted molar refractivity (Wildman–Crippen MR) is 144 cm³/mol. The lowest BCUT2D eigenvalue weighted by atomic mass is 10.1. The first-order valence-electron chi connectivity index (χ1n) is 13.0. The molecule has 0 spiro atoms. The molecule has 0 saturated carbocycles. The summed E-state index contributed by atoms with van der Waals surface area (Å²) in [5, 5.41) is 0. The molecule has 1 saturated heterocycles. The first kappa shape index (κ1) is 31.0. The van der Waals surface area contributed by atoms with Gasteiger partial charge in [0.05, 0.1) is 25.8 Å². The molecule has 1 fully saturated rings. The highest BCUT2D eigenvalue weighted by Gasteiger charge is 2.29. The van der Waals surface area contributed by atoms with Gasteiger partial charge in [0.2, 0.25) is 0 Å². The number of Topliss-reactive ketones (excluding diaryl/α,β-unsaturated/α-hetero) is 1. The lowest BCUT2D eigenvalue weighted by molar-refractivity contribution is -0.122. The zero-order valence-corrected chi connectivity index (χ0v) is 23.5. The van der Waals surface area contributed by atoms with E-state index in [-0.39, 0.29) is 30.8 Å². The van der Waals surface area contributed by atoms with E-state index in [1.165, 1.54) is 15.9 Å². The molecule has 0 N–H and O–H groups in total. The number of hydrogen-bond acceptors (Lipinski definition) is 7. The van der Waals surface area contributed by atoms with Gasteiger partial charge in [0.1, 0.15) is 11.2 Å². The standard InChI is InChI=1S/C18H25NO4.C11H17NO3/c1-18(2,3)23-17(21)19-10-9-16(11-15(20)12-19)22-13-14-7-5-4-6-8-14;1-11(2,3)15-10(14)12-7-5-4-6-9(13)8-12/h4-8,16H,9-13H2,1-3H3;4,6H,5,7-8H2,1-3H3. The molecule has 1 unspecified atom stereocenters. The number of ketones is 2. The molecule has 0 radical (unpaired) electrons. The molecule has 0 aromatic heterocycles. The van der Waals surface area contributed by atoms with E-state index < -0.39 is 23.4 Å². The Morgan fingerprint density at radius 2 is 1.45 bits per heavy atom. The molecule has 0 aliphatic carbocycles. The van der Waals surface area contributed by atoms with Crippen LogP contribution < -0.4 is 0 Å². The second-order valence-corrected chi connectivity index (χ2v) is 11.4. The third-order valence-corrected chi connectivity index (χ3v) is 5.39. The maximum absolute atomic E-state index is 12.1. The first-order chi connectivity index (χ1) is 17.7. The van der Waals surface area contributed by atoms with Crippen molar-refractivity contribution >= 4 is 23.8 Å².